The summed E-state index contributed by atoms with van der Waals surface area (Å²) in [6.45, 7) is 3.17. The number of carboxylic acid groups (broad SMARTS) is 1. The number of rotatable bonds is 15. The lowest BCUT2D eigenvalue weighted by molar-refractivity contribution is -0.135. The van der Waals surface area contributed by atoms with Gasteiger partial charge in [-0.2, -0.15) is 0 Å². The van der Waals surface area contributed by atoms with Crippen molar-refractivity contribution in [3.8, 4) is 0 Å². The van der Waals surface area contributed by atoms with Crippen LogP contribution in [0.4, 0.5) is 0 Å². The first-order valence-corrected chi connectivity index (χ1v) is 11.4. The van der Waals surface area contributed by atoms with E-state index in [1.165, 1.54) is 25.7 Å². The minimum absolute atomic E-state index is 0.117. The monoisotopic (exact) mass is 413 g/mol. The summed E-state index contributed by atoms with van der Waals surface area (Å²) in [5, 5.41) is 8.94. The van der Waals surface area contributed by atoms with Crippen molar-refractivity contribution in [3.05, 3.63) is 60.3 Å². The van der Waals surface area contributed by atoms with Gasteiger partial charge in [0.2, 0.25) is 5.91 Å². The summed E-state index contributed by atoms with van der Waals surface area (Å²) in [5.41, 5.74) is 0.417. The lowest BCUT2D eigenvalue weighted by atomic mass is 10.1. The third-order valence-electron chi connectivity index (χ3n) is 5.06. The van der Waals surface area contributed by atoms with E-state index in [2.05, 4.69) is 55.5 Å². The van der Waals surface area contributed by atoms with Crippen molar-refractivity contribution in [2.24, 2.45) is 0 Å². The highest BCUT2D eigenvalue weighted by molar-refractivity contribution is 5.87. The molecule has 0 saturated heterocycles. The summed E-state index contributed by atoms with van der Waals surface area (Å²) >= 11 is 0. The number of aliphatic carboxylic acids is 1. The molecule has 4 heteroatoms. The van der Waals surface area contributed by atoms with Gasteiger partial charge in [0.25, 0.3) is 0 Å². The average Bonchev–Trinajstić information content (AvgIpc) is 2.75. The van der Waals surface area contributed by atoms with Crippen LogP contribution in [0.1, 0.15) is 77.6 Å². The molecule has 1 amide bonds. The molecule has 0 aromatic carbocycles. The molecular formula is C26H39NO3. The van der Waals surface area contributed by atoms with Gasteiger partial charge >= 0.3 is 5.97 Å². The number of nitrogens with zero attached hydrogens (tertiary/aromatic N) is 1. The summed E-state index contributed by atoms with van der Waals surface area (Å²) in [5.74, 6) is -0.755. The molecule has 4 nitrogen and oxygen atoms in total. The van der Waals surface area contributed by atoms with Gasteiger partial charge in [0.05, 0.1) is 0 Å². The molecule has 1 rings (SSSR count). The quantitative estimate of drug-likeness (QED) is 0.250. The van der Waals surface area contributed by atoms with Crippen LogP contribution in [-0.2, 0) is 9.59 Å². The first-order valence-electron chi connectivity index (χ1n) is 11.4. The fraction of sp³-hybridized carbons (Fsp3) is 0.538. The fourth-order valence-corrected chi connectivity index (χ4v) is 3.18. The van der Waals surface area contributed by atoms with Gasteiger partial charge in [0.15, 0.2) is 0 Å². The van der Waals surface area contributed by atoms with Crippen molar-refractivity contribution in [2.75, 3.05) is 13.1 Å². The second kappa shape index (κ2) is 17.5. The van der Waals surface area contributed by atoms with Crippen LogP contribution in [0.2, 0.25) is 0 Å². The van der Waals surface area contributed by atoms with Crippen LogP contribution in [0.25, 0.3) is 0 Å². The Morgan fingerprint density at radius 2 is 1.47 bits per heavy atom. The number of carbonyl (C=O) groups excluding carboxylic acids is 1. The zero-order valence-electron chi connectivity index (χ0n) is 18.6. The van der Waals surface area contributed by atoms with Gasteiger partial charge in [-0.25, -0.2) is 4.79 Å². The molecule has 0 saturated carbocycles. The average molecular weight is 414 g/mol. The summed E-state index contributed by atoms with van der Waals surface area (Å²) in [6, 6.07) is 0. The predicted octanol–water partition coefficient (Wildman–Crippen LogP) is 6.38. The van der Waals surface area contributed by atoms with Crippen LogP contribution in [0, 0.1) is 0 Å². The smallest absolute Gasteiger partial charge is 0.331 e. The molecule has 0 aliphatic carbocycles. The first kappa shape index (κ1) is 25.7. The molecule has 1 N–H and O–H groups in total. The number of amides is 1. The van der Waals surface area contributed by atoms with E-state index in [0.717, 1.165) is 32.1 Å². The van der Waals surface area contributed by atoms with E-state index in [4.69, 9.17) is 5.11 Å². The Kier molecular flexibility index (Phi) is 15.0. The molecule has 1 heterocycles. The molecular weight excluding hydrogens is 374 g/mol. The van der Waals surface area contributed by atoms with Crippen LogP contribution in [-0.4, -0.2) is 35.0 Å². The SMILES string of the molecule is CCCCCC=CCC=CCC=CCC=CCCCC(=O)N1CC=C(C(=O)O)CC1. The van der Waals surface area contributed by atoms with Gasteiger partial charge in [-0.15, -0.1) is 0 Å². The van der Waals surface area contributed by atoms with Crippen LogP contribution < -0.4 is 0 Å². The zero-order valence-corrected chi connectivity index (χ0v) is 18.6. The number of unbranched alkanes of at least 4 members (excludes halogenated alkanes) is 4. The largest absolute Gasteiger partial charge is 0.478 e. The summed E-state index contributed by atoms with van der Waals surface area (Å²) in [4.78, 5) is 24.8. The topological polar surface area (TPSA) is 57.6 Å². The third kappa shape index (κ3) is 13.0. The van der Waals surface area contributed by atoms with E-state index in [1.807, 2.05) is 0 Å². The number of allylic oxidation sites excluding steroid dienone is 8. The number of hydrogen-bond donors (Lipinski definition) is 1. The Balaban J connectivity index is 2.01. The Bertz CT molecular complexity index is 641. The van der Waals surface area contributed by atoms with Crippen LogP contribution >= 0.6 is 0 Å². The Morgan fingerprint density at radius 1 is 0.900 bits per heavy atom. The van der Waals surface area contributed by atoms with E-state index in [-0.39, 0.29) is 5.91 Å². The predicted molar refractivity (Wildman–Crippen MR) is 125 cm³/mol. The molecule has 0 bridgehead atoms. The molecule has 0 radical (unpaired) electrons. The normalized spacial score (nSPS) is 15.1. The molecule has 0 spiro atoms. The summed E-state index contributed by atoms with van der Waals surface area (Å²) < 4.78 is 0. The van der Waals surface area contributed by atoms with E-state index in [9.17, 15) is 9.59 Å². The van der Waals surface area contributed by atoms with Gasteiger partial charge in [-0.05, 0) is 51.4 Å². The molecule has 1 aliphatic rings. The highest BCUT2D eigenvalue weighted by atomic mass is 16.4. The molecule has 0 unspecified atom stereocenters. The molecule has 0 atom stereocenters. The molecule has 0 aromatic rings. The van der Waals surface area contributed by atoms with Gasteiger partial charge < -0.3 is 10.0 Å². The number of carboxylic acids is 1. The Labute approximate surface area is 182 Å². The van der Waals surface area contributed by atoms with Gasteiger partial charge in [0, 0.05) is 25.1 Å². The van der Waals surface area contributed by atoms with Crippen molar-refractivity contribution in [1.82, 2.24) is 4.90 Å². The third-order valence-corrected chi connectivity index (χ3v) is 5.06. The second-order valence-electron chi connectivity index (χ2n) is 7.61. The second-order valence-corrected chi connectivity index (χ2v) is 7.61. The van der Waals surface area contributed by atoms with E-state index >= 15 is 0 Å². The molecule has 30 heavy (non-hydrogen) atoms. The summed E-state index contributed by atoms with van der Waals surface area (Å²) in [6.07, 6.45) is 30.0. The van der Waals surface area contributed by atoms with Gasteiger partial charge in [0.1, 0.15) is 0 Å². The van der Waals surface area contributed by atoms with Crippen molar-refractivity contribution in [3.63, 3.8) is 0 Å². The molecule has 1 aliphatic heterocycles. The summed E-state index contributed by atoms with van der Waals surface area (Å²) in [7, 11) is 0. The van der Waals surface area contributed by atoms with Crippen LogP contribution in [0.15, 0.2) is 60.3 Å². The lowest BCUT2D eigenvalue weighted by Gasteiger charge is -2.25. The highest BCUT2D eigenvalue weighted by Gasteiger charge is 2.19. The standard InChI is InChI=1S/C26H39NO3/c1-2-3-4-5-6-7-8-9-10-11-12-13-14-15-16-17-18-19-25(28)27-22-20-24(21-23-27)26(29)30/h6-7,9-10,12-13,15-16,20H,2-5,8,11,14,17-19,21-23H2,1H3,(H,29,30). The Morgan fingerprint density at radius 3 is 1.97 bits per heavy atom. The maximum atomic E-state index is 12.1. The van der Waals surface area contributed by atoms with Crippen molar-refractivity contribution < 1.29 is 14.7 Å². The number of hydrogen-bond acceptors (Lipinski definition) is 2. The number of carbonyl (C=O) groups is 2. The van der Waals surface area contributed by atoms with Crippen molar-refractivity contribution in [1.29, 1.82) is 0 Å². The van der Waals surface area contributed by atoms with Gasteiger partial charge in [-0.1, -0.05) is 74.4 Å². The maximum absolute atomic E-state index is 12.1. The van der Waals surface area contributed by atoms with E-state index < -0.39 is 5.97 Å². The molecule has 166 valence electrons. The molecule has 0 aromatic heterocycles. The van der Waals surface area contributed by atoms with Crippen molar-refractivity contribution >= 4 is 11.9 Å². The maximum Gasteiger partial charge on any atom is 0.331 e. The molecule has 0 fully saturated rings. The minimum Gasteiger partial charge on any atom is -0.478 e. The first-order chi connectivity index (χ1) is 14.6. The van der Waals surface area contributed by atoms with Gasteiger partial charge in [-0.3, -0.25) is 4.79 Å². The van der Waals surface area contributed by atoms with Crippen LogP contribution in [0.5, 0.6) is 0 Å². The fourth-order valence-electron chi connectivity index (χ4n) is 3.18. The van der Waals surface area contributed by atoms with Crippen LogP contribution in [0.3, 0.4) is 0 Å². The lowest BCUT2D eigenvalue weighted by Crippen LogP contribution is -2.35. The minimum atomic E-state index is -0.873. The Hall–Kier alpha value is -2.36. The highest BCUT2D eigenvalue weighted by Crippen LogP contribution is 2.13. The van der Waals surface area contributed by atoms with E-state index in [0.29, 0.717) is 31.5 Å². The van der Waals surface area contributed by atoms with Crippen molar-refractivity contribution in [2.45, 2.75) is 77.6 Å². The van der Waals surface area contributed by atoms with E-state index in [1.54, 1.807) is 11.0 Å². The zero-order chi connectivity index (χ0) is 21.9.